The third-order valence-electron chi connectivity index (χ3n) is 11.2. The van der Waals surface area contributed by atoms with E-state index in [1.165, 1.54) is 68.4 Å². The normalized spacial score (nSPS) is 12.0. The molecule has 7 aromatic carbocycles. The minimum Gasteiger partial charge on any atom is -0.422 e. The third kappa shape index (κ3) is 9.14. The van der Waals surface area contributed by atoms with Gasteiger partial charge < -0.3 is 8.23 Å². The molecule has 0 saturated carbocycles. The Morgan fingerprint density at radius 3 is 0.772 bits per heavy atom. The van der Waals surface area contributed by atoms with Crippen LogP contribution in [-0.2, 0) is 8.23 Å². The standard InChI is InChI=1S/C52H55O2Si3/c1-2-3-4-5-6-7-8-30-45-55(46-31-16-9-17-32-46,53-56(47-33-18-10-19-34-47,48-35-20-11-21-36-48)49-37-22-12-23-38-49)54-57(50-39-24-13-25-40-50,51-41-26-14-27-42-51)52-43-28-15-29-44-52/h9-29,31-44H,1-8,30,45H2. The Labute approximate surface area is 344 Å². The highest BCUT2D eigenvalue weighted by Crippen LogP contribution is 2.29. The topological polar surface area (TPSA) is 18.5 Å². The average Bonchev–Trinajstić information content (AvgIpc) is 3.30. The van der Waals surface area contributed by atoms with E-state index in [1.807, 2.05) is 0 Å². The molecule has 0 bridgehead atoms. The van der Waals surface area contributed by atoms with Crippen LogP contribution < -0.4 is 36.3 Å². The van der Waals surface area contributed by atoms with Gasteiger partial charge in [-0.25, -0.2) is 0 Å². The van der Waals surface area contributed by atoms with Gasteiger partial charge in [-0.3, -0.25) is 0 Å². The number of unbranched alkanes of at least 4 members (excludes halogenated alkanes) is 7. The summed E-state index contributed by atoms with van der Waals surface area (Å²) in [7, 11) is -10.1. The SMILES string of the molecule is [CH2]CCCCCCCCC[Si](O[Si](c1ccccc1)(c1ccccc1)c1ccccc1)(O[Si](c1ccccc1)(c1ccccc1)c1ccccc1)c1ccccc1. The summed E-state index contributed by atoms with van der Waals surface area (Å²) in [5, 5.41) is 8.49. The quantitative estimate of drug-likeness (QED) is 0.0437. The van der Waals surface area contributed by atoms with Crippen LogP contribution in [0.2, 0.25) is 6.04 Å². The van der Waals surface area contributed by atoms with E-state index >= 15 is 0 Å². The summed E-state index contributed by atoms with van der Waals surface area (Å²) in [6.07, 6.45) is 9.35. The molecular weight excluding hydrogens is 741 g/mol. The predicted octanol–water partition coefficient (Wildman–Crippen LogP) is 8.66. The van der Waals surface area contributed by atoms with E-state index in [4.69, 9.17) is 8.23 Å². The Morgan fingerprint density at radius 2 is 0.509 bits per heavy atom. The van der Waals surface area contributed by atoms with Crippen LogP contribution in [0, 0.1) is 6.92 Å². The van der Waals surface area contributed by atoms with Gasteiger partial charge in [0.25, 0.3) is 16.6 Å². The molecule has 7 aromatic rings. The molecular formula is C52H55O2Si3. The molecule has 287 valence electrons. The van der Waals surface area contributed by atoms with Crippen LogP contribution in [-0.4, -0.2) is 25.2 Å². The molecule has 1 radical (unpaired) electrons. The molecule has 2 nitrogen and oxygen atoms in total. The van der Waals surface area contributed by atoms with Crippen molar-refractivity contribution in [3.8, 4) is 0 Å². The molecule has 0 aliphatic carbocycles. The molecule has 0 saturated heterocycles. The van der Waals surface area contributed by atoms with Crippen molar-refractivity contribution in [2.24, 2.45) is 0 Å². The van der Waals surface area contributed by atoms with E-state index in [0.717, 1.165) is 25.3 Å². The fourth-order valence-electron chi connectivity index (χ4n) is 8.38. The summed E-state index contributed by atoms with van der Waals surface area (Å²) in [6, 6.07) is 78.2. The second kappa shape index (κ2) is 20.0. The van der Waals surface area contributed by atoms with Crippen molar-refractivity contribution in [3.63, 3.8) is 0 Å². The first-order valence-corrected chi connectivity index (χ1v) is 26.6. The van der Waals surface area contributed by atoms with Crippen LogP contribution >= 0.6 is 0 Å². The Kier molecular flexibility index (Phi) is 14.1. The van der Waals surface area contributed by atoms with Crippen LogP contribution in [0.3, 0.4) is 0 Å². The van der Waals surface area contributed by atoms with E-state index in [0.29, 0.717) is 0 Å². The summed E-state index contributed by atoms with van der Waals surface area (Å²) >= 11 is 0. The molecule has 5 heteroatoms. The lowest BCUT2D eigenvalue weighted by Crippen LogP contribution is -2.80. The second-order valence-electron chi connectivity index (χ2n) is 15.0. The zero-order chi connectivity index (χ0) is 39.1. The lowest BCUT2D eigenvalue weighted by Gasteiger charge is -2.47. The molecule has 0 fully saturated rings. The fraction of sp³-hybridized carbons (Fsp3) is 0.173. The van der Waals surface area contributed by atoms with Crippen molar-refractivity contribution >= 4 is 61.5 Å². The maximum Gasteiger partial charge on any atom is 0.353 e. The minimum atomic E-state index is -3.51. The number of hydrogen-bond acceptors (Lipinski definition) is 2. The molecule has 0 N–H and O–H groups in total. The van der Waals surface area contributed by atoms with E-state index in [-0.39, 0.29) is 0 Å². The molecule has 0 amide bonds. The van der Waals surface area contributed by atoms with Crippen molar-refractivity contribution in [1.29, 1.82) is 0 Å². The van der Waals surface area contributed by atoms with Gasteiger partial charge in [-0.15, -0.1) is 0 Å². The van der Waals surface area contributed by atoms with Gasteiger partial charge in [0.1, 0.15) is 0 Å². The zero-order valence-corrected chi connectivity index (χ0v) is 36.1. The van der Waals surface area contributed by atoms with Crippen molar-refractivity contribution < 1.29 is 8.23 Å². The van der Waals surface area contributed by atoms with Crippen LogP contribution in [0.15, 0.2) is 212 Å². The fourth-order valence-corrected chi connectivity index (χ4v) is 25.1. The smallest absolute Gasteiger partial charge is 0.353 e. The minimum absolute atomic E-state index is 0.832. The maximum absolute atomic E-state index is 8.63. The molecule has 0 heterocycles. The Morgan fingerprint density at radius 1 is 0.281 bits per heavy atom. The molecule has 7 rings (SSSR count). The summed E-state index contributed by atoms with van der Waals surface area (Å²) in [5.41, 5.74) is 0. The lowest BCUT2D eigenvalue weighted by molar-refractivity contribution is 0.404. The molecule has 0 spiro atoms. The molecule has 0 aliphatic heterocycles. The van der Waals surface area contributed by atoms with Crippen LogP contribution in [0.1, 0.15) is 51.4 Å². The number of benzene rings is 7. The zero-order valence-electron chi connectivity index (χ0n) is 33.1. The summed E-state index contributed by atoms with van der Waals surface area (Å²) in [4.78, 5) is 0. The number of rotatable bonds is 20. The van der Waals surface area contributed by atoms with Crippen molar-refractivity contribution in [3.05, 3.63) is 219 Å². The van der Waals surface area contributed by atoms with Crippen molar-refractivity contribution in [2.45, 2.75) is 57.4 Å². The first-order chi connectivity index (χ1) is 28.2. The van der Waals surface area contributed by atoms with Crippen LogP contribution in [0.25, 0.3) is 0 Å². The third-order valence-corrected chi connectivity index (χ3v) is 25.4. The first kappa shape index (κ1) is 40.3. The van der Waals surface area contributed by atoms with E-state index in [2.05, 4.69) is 219 Å². The van der Waals surface area contributed by atoms with Crippen molar-refractivity contribution in [2.75, 3.05) is 0 Å². The van der Waals surface area contributed by atoms with Gasteiger partial charge in [0.2, 0.25) is 0 Å². The monoisotopic (exact) mass is 795 g/mol. The highest BCUT2D eigenvalue weighted by molar-refractivity contribution is 7.15. The average molecular weight is 796 g/mol. The Balaban J connectivity index is 1.51. The van der Waals surface area contributed by atoms with E-state index < -0.39 is 25.2 Å². The number of hydrogen-bond donors (Lipinski definition) is 0. The predicted molar refractivity (Wildman–Crippen MR) is 249 cm³/mol. The summed E-state index contributed by atoms with van der Waals surface area (Å²) in [6.45, 7) is 4.06. The maximum atomic E-state index is 8.63. The first-order valence-electron chi connectivity index (χ1n) is 20.8. The van der Waals surface area contributed by atoms with Gasteiger partial charge in [-0.05, 0) is 42.4 Å². The van der Waals surface area contributed by atoms with Gasteiger partial charge in [-0.2, -0.15) is 0 Å². The molecule has 0 atom stereocenters. The summed E-state index contributed by atoms with van der Waals surface area (Å²) < 4.78 is 17.3. The van der Waals surface area contributed by atoms with Crippen LogP contribution in [0.5, 0.6) is 0 Å². The lowest BCUT2D eigenvalue weighted by atomic mass is 10.1. The van der Waals surface area contributed by atoms with Gasteiger partial charge in [-0.1, -0.05) is 271 Å². The van der Waals surface area contributed by atoms with Gasteiger partial charge in [0, 0.05) is 0 Å². The van der Waals surface area contributed by atoms with Gasteiger partial charge >= 0.3 is 8.56 Å². The molecule has 0 aliphatic rings. The van der Waals surface area contributed by atoms with Gasteiger partial charge in [0.15, 0.2) is 0 Å². The molecule has 57 heavy (non-hydrogen) atoms. The molecule has 0 unspecified atom stereocenters. The highest BCUT2D eigenvalue weighted by Gasteiger charge is 2.57. The Bertz CT molecular complexity index is 1850. The van der Waals surface area contributed by atoms with Crippen LogP contribution in [0.4, 0.5) is 0 Å². The second-order valence-corrected chi connectivity index (χ2v) is 25.4. The largest absolute Gasteiger partial charge is 0.422 e. The van der Waals surface area contributed by atoms with E-state index in [9.17, 15) is 0 Å². The molecule has 0 aromatic heterocycles. The Hall–Kier alpha value is -4.89. The van der Waals surface area contributed by atoms with E-state index in [1.54, 1.807) is 0 Å². The van der Waals surface area contributed by atoms with Gasteiger partial charge in [0.05, 0.1) is 0 Å². The summed E-state index contributed by atoms with van der Waals surface area (Å²) in [5.74, 6) is 0. The highest BCUT2D eigenvalue weighted by atomic mass is 28.5. The van der Waals surface area contributed by atoms with Crippen molar-refractivity contribution in [1.82, 2.24) is 0 Å².